The third kappa shape index (κ3) is 2.54. The van der Waals surface area contributed by atoms with E-state index >= 15 is 0 Å². The lowest BCUT2D eigenvalue weighted by Crippen LogP contribution is -2.12. The van der Waals surface area contributed by atoms with Crippen LogP contribution in [0, 0.1) is 0 Å². The van der Waals surface area contributed by atoms with Crippen molar-refractivity contribution in [1.82, 2.24) is 15.1 Å². The fraction of sp³-hybridized carbons (Fsp3) is 0.200. The van der Waals surface area contributed by atoms with Gasteiger partial charge in [-0.25, -0.2) is 9.78 Å². The van der Waals surface area contributed by atoms with Crippen molar-refractivity contribution in [3.8, 4) is 0 Å². The summed E-state index contributed by atoms with van der Waals surface area (Å²) in [6.45, 7) is 0.472. The van der Waals surface area contributed by atoms with Gasteiger partial charge in [0.25, 0.3) is 0 Å². The van der Waals surface area contributed by atoms with Gasteiger partial charge in [0.15, 0.2) is 5.82 Å². The van der Waals surface area contributed by atoms with Crippen LogP contribution in [0.1, 0.15) is 16.2 Å². The van der Waals surface area contributed by atoms with Crippen molar-refractivity contribution in [2.75, 3.05) is 17.6 Å². The quantitative estimate of drug-likeness (QED) is 0.694. The maximum absolute atomic E-state index is 10.9. The first-order chi connectivity index (χ1) is 8.68. The van der Waals surface area contributed by atoms with Crippen LogP contribution in [-0.4, -0.2) is 32.7 Å². The molecule has 8 nitrogen and oxygen atoms in total. The van der Waals surface area contributed by atoms with Crippen molar-refractivity contribution in [1.29, 1.82) is 0 Å². The Labute approximate surface area is 102 Å². The van der Waals surface area contributed by atoms with E-state index in [1.165, 1.54) is 18.7 Å². The van der Waals surface area contributed by atoms with E-state index in [9.17, 15) is 4.79 Å². The fourth-order valence-corrected chi connectivity index (χ4v) is 1.40. The van der Waals surface area contributed by atoms with Crippen LogP contribution in [0.2, 0.25) is 0 Å². The molecule has 0 radical (unpaired) electrons. The first kappa shape index (κ1) is 11.8. The van der Waals surface area contributed by atoms with Crippen molar-refractivity contribution < 1.29 is 14.4 Å². The molecule has 4 N–H and O–H groups in total. The Morgan fingerprint density at radius 3 is 3.00 bits per heavy atom. The number of carboxylic acids is 1. The minimum absolute atomic E-state index is 0.0204. The lowest BCUT2D eigenvalue weighted by Gasteiger charge is -2.08. The summed E-state index contributed by atoms with van der Waals surface area (Å²) in [5, 5.41) is 15.5. The molecule has 2 heterocycles. The molecule has 0 fully saturated rings. The van der Waals surface area contributed by atoms with Crippen LogP contribution < -0.4 is 11.1 Å². The second-order valence-corrected chi connectivity index (χ2v) is 3.45. The molecular weight excluding hydrogens is 238 g/mol. The topological polar surface area (TPSA) is 127 Å². The lowest BCUT2D eigenvalue weighted by atomic mass is 10.2. The molecule has 2 aromatic rings. The van der Waals surface area contributed by atoms with Crippen LogP contribution in [0.5, 0.6) is 0 Å². The van der Waals surface area contributed by atoms with E-state index in [1.807, 2.05) is 0 Å². The van der Waals surface area contributed by atoms with Gasteiger partial charge < -0.3 is 20.7 Å². The number of pyridine rings is 1. The van der Waals surface area contributed by atoms with Crippen molar-refractivity contribution in [2.24, 2.45) is 0 Å². The van der Waals surface area contributed by atoms with E-state index in [-0.39, 0.29) is 11.3 Å². The predicted molar refractivity (Wildman–Crippen MR) is 62.1 cm³/mol. The summed E-state index contributed by atoms with van der Waals surface area (Å²) in [4.78, 5) is 18.7. The number of nitrogens with two attached hydrogens (primary N) is 1. The van der Waals surface area contributed by atoms with Gasteiger partial charge in [0, 0.05) is 19.2 Å². The molecule has 0 unspecified atom stereocenters. The molecular formula is C10H11N5O3. The Morgan fingerprint density at radius 2 is 2.33 bits per heavy atom. The number of nitrogens with zero attached hydrogens (tertiary/aromatic N) is 3. The van der Waals surface area contributed by atoms with Gasteiger partial charge in [0.05, 0.1) is 11.3 Å². The molecule has 8 heteroatoms. The minimum Gasteiger partial charge on any atom is -0.478 e. The second kappa shape index (κ2) is 5.13. The van der Waals surface area contributed by atoms with Crippen molar-refractivity contribution in [2.45, 2.75) is 6.42 Å². The third-order valence-electron chi connectivity index (χ3n) is 2.27. The van der Waals surface area contributed by atoms with E-state index < -0.39 is 5.97 Å². The van der Waals surface area contributed by atoms with Crippen LogP contribution in [0.15, 0.2) is 23.2 Å². The monoisotopic (exact) mass is 249 g/mol. The molecule has 0 amide bonds. The molecule has 0 bridgehead atoms. The number of aromatic nitrogens is 3. The minimum atomic E-state index is -1.09. The van der Waals surface area contributed by atoms with Gasteiger partial charge in [-0.1, -0.05) is 5.16 Å². The number of hydrogen-bond acceptors (Lipinski definition) is 7. The van der Waals surface area contributed by atoms with E-state index in [1.54, 1.807) is 0 Å². The predicted octanol–water partition coefficient (Wildman–Crippen LogP) is 0.400. The highest BCUT2D eigenvalue weighted by atomic mass is 16.5. The molecule has 0 aliphatic rings. The highest BCUT2D eigenvalue weighted by molar-refractivity contribution is 5.96. The Hall–Kier alpha value is -2.64. The smallest absolute Gasteiger partial charge is 0.337 e. The number of carboxylic acid groups (broad SMARTS) is 1. The summed E-state index contributed by atoms with van der Waals surface area (Å²) in [5.74, 6) is -0.204. The van der Waals surface area contributed by atoms with Crippen LogP contribution >= 0.6 is 0 Å². The second-order valence-electron chi connectivity index (χ2n) is 3.45. The van der Waals surface area contributed by atoms with Crippen molar-refractivity contribution in [3.63, 3.8) is 0 Å². The number of aromatic carboxylic acids is 1. The third-order valence-corrected chi connectivity index (χ3v) is 2.27. The van der Waals surface area contributed by atoms with E-state index in [0.717, 1.165) is 0 Å². The Balaban J connectivity index is 2.01. The number of hydrogen-bond donors (Lipinski definition) is 3. The number of anilines is 2. The zero-order valence-corrected chi connectivity index (χ0v) is 9.33. The summed E-state index contributed by atoms with van der Waals surface area (Å²) >= 11 is 0. The van der Waals surface area contributed by atoms with E-state index in [0.29, 0.717) is 24.6 Å². The zero-order chi connectivity index (χ0) is 13.0. The number of nitrogens with one attached hydrogen (secondary N) is 1. The SMILES string of the molecule is Nc1c(C(=O)O)ccnc1NCCc1ncon1. The van der Waals surface area contributed by atoms with Gasteiger partial charge >= 0.3 is 5.97 Å². The van der Waals surface area contributed by atoms with Gasteiger partial charge in [0.1, 0.15) is 5.82 Å². The van der Waals surface area contributed by atoms with E-state index in [4.69, 9.17) is 10.8 Å². The molecule has 0 saturated heterocycles. The molecule has 0 aliphatic heterocycles. The average Bonchev–Trinajstić information content (AvgIpc) is 2.84. The lowest BCUT2D eigenvalue weighted by molar-refractivity contribution is 0.0698. The van der Waals surface area contributed by atoms with Crippen LogP contribution in [0.3, 0.4) is 0 Å². The fourth-order valence-electron chi connectivity index (χ4n) is 1.40. The number of carbonyl (C=O) groups is 1. The molecule has 0 spiro atoms. The Bertz CT molecular complexity index is 540. The van der Waals surface area contributed by atoms with E-state index in [2.05, 4.69) is 25.0 Å². The van der Waals surface area contributed by atoms with Gasteiger partial charge in [-0.3, -0.25) is 0 Å². The Morgan fingerprint density at radius 1 is 1.50 bits per heavy atom. The molecule has 0 atom stereocenters. The average molecular weight is 249 g/mol. The highest BCUT2D eigenvalue weighted by Gasteiger charge is 2.11. The summed E-state index contributed by atoms with van der Waals surface area (Å²) < 4.78 is 4.58. The van der Waals surface area contributed by atoms with Gasteiger partial charge in [-0.2, -0.15) is 4.98 Å². The van der Waals surface area contributed by atoms with Gasteiger partial charge in [0.2, 0.25) is 6.39 Å². The maximum atomic E-state index is 10.9. The molecule has 2 aromatic heterocycles. The van der Waals surface area contributed by atoms with Crippen molar-refractivity contribution in [3.05, 3.63) is 30.0 Å². The Kier molecular flexibility index (Phi) is 3.37. The normalized spacial score (nSPS) is 10.2. The standard InChI is InChI=1S/C10H11N5O3/c11-8-6(10(16)17)1-3-12-9(8)13-4-2-7-14-5-18-15-7/h1,3,5H,2,4,11H2,(H,12,13)(H,16,17). The molecule has 94 valence electrons. The van der Waals surface area contributed by atoms with Crippen LogP contribution in [-0.2, 0) is 6.42 Å². The van der Waals surface area contributed by atoms with Crippen LogP contribution in [0.25, 0.3) is 0 Å². The largest absolute Gasteiger partial charge is 0.478 e. The summed E-state index contributed by atoms with van der Waals surface area (Å²) in [5.41, 5.74) is 5.82. The summed E-state index contributed by atoms with van der Waals surface area (Å²) in [7, 11) is 0. The molecule has 18 heavy (non-hydrogen) atoms. The first-order valence-corrected chi connectivity index (χ1v) is 5.15. The highest BCUT2D eigenvalue weighted by Crippen LogP contribution is 2.19. The number of nitrogen functional groups attached to an aromatic ring is 1. The summed E-state index contributed by atoms with van der Waals surface area (Å²) in [6, 6.07) is 1.35. The molecule has 2 rings (SSSR count). The van der Waals surface area contributed by atoms with Gasteiger partial charge in [-0.05, 0) is 6.07 Å². The molecule has 0 aliphatic carbocycles. The summed E-state index contributed by atoms with van der Waals surface area (Å²) in [6.07, 6.45) is 3.15. The van der Waals surface area contributed by atoms with Gasteiger partial charge in [-0.15, -0.1) is 0 Å². The maximum Gasteiger partial charge on any atom is 0.337 e. The van der Waals surface area contributed by atoms with Crippen LogP contribution in [0.4, 0.5) is 11.5 Å². The first-order valence-electron chi connectivity index (χ1n) is 5.15. The zero-order valence-electron chi connectivity index (χ0n) is 9.33. The molecule has 0 saturated carbocycles. The molecule has 0 aromatic carbocycles. The number of rotatable bonds is 5. The van der Waals surface area contributed by atoms with Crippen molar-refractivity contribution >= 4 is 17.5 Å².